The summed E-state index contributed by atoms with van der Waals surface area (Å²) in [5.74, 6) is 0.176. The molecule has 0 aliphatic carbocycles. The fourth-order valence-electron chi connectivity index (χ4n) is 1.78. The predicted molar refractivity (Wildman–Crippen MR) is 63.1 cm³/mol. The first kappa shape index (κ1) is 16.7. The third-order valence-electron chi connectivity index (χ3n) is 2.66. The van der Waals surface area contributed by atoms with E-state index in [1.54, 1.807) is 12.1 Å². The fraction of sp³-hybridized carbons (Fsp3) is 0.571. The standard InChI is InChI=1S/C14H22O.K/c1-3-5-7-12-9-13(8-6-4-2)11-14(15)10-12;/h9-11,15H,3-8H2,1-2H3;/q;+1/p-1. The van der Waals surface area contributed by atoms with Gasteiger partial charge in [-0.2, -0.15) is 0 Å². The topological polar surface area (TPSA) is 23.1 Å². The molecule has 0 radical (unpaired) electrons. The third kappa shape index (κ3) is 6.41. The molecule has 0 atom stereocenters. The van der Waals surface area contributed by atoms with Crippen LogP contribution in [-0.4, -0.2) is 0 Å². The smallest absolute Gasteiger partial charge is 0.872 e. The van der Waals surface area contributed by atoms with Crippen molar-refractivity contribution in [3.63, 3.8) is 0 Å². The third-order valence-corrected chi connectivity index (χ3v) is 2.66. The predicted octanol–water partition coefficient (Wildman–Crippen LogP) is 0.449. The average Bonchev–Trinajstić information content (AvgIpc) is 2.23. The Morgan fingerprint density at radius 2 is 1.31 bits per heavy atom. The maximum atomic E-state index is 11.4. The number of benzene rings is 1. The quantitative estimate of drug-likeness (QED) is 0.666. The van der Waals surface area contributed by atoms with Crippen molar-refractivity contribution in [3.05, 3.63) is 29.3 Å². The summed E-state index contributed by atoms with van der Waals surface area (Å²) in [7, 11) is 0. The van der Waals surface area contributed by atoms with Gasteiger partial charge in [-0.1, -0.05) is 44.9 Å². The van der Waals surface area contributed by atoms with Crippen LogP contribution in [0.5, 0.6) is 5.75 Å². The van der Waals surface area contributed by atoms with Crippen LogP contribution in [0.25, 0.3) is 0 Å². The fourth-order valence-corrected chi connectivity index (χ4v) is 1.78. The largest absolute Gasteiger partial charge is 1.00 e. The number of rotatable bonds is 6. The second-order valence-electron chi connectivity index (χ2n) is 4.19. The summed E-state index contributed by atoms with van der Waals surface area (Å²) < 4.78 is 0. The van der Waals surface area contributed by atoms with Gasteiger partial charge in [0.15, 0.2) is 0 Å². The molecule has 0 unspecified atom stereocenters. The first-order chi connectivity index (χ1) is 7.26. The summed E-state index contributed by atoms with van der Waals surface area (Å²) in [5.41, 5.74) is 2.44. The van der Waals surface area contributed by atoms with Crippen molar-refractivity contribution < 1.29 is 56.5 Å². The molecule has 0 fully saturated rings. The van der Waals surface area contributed by atoms with E-state index in [2.05, 4.69) is 19.9 Å². The van der Waals surface area contributed by atoms with E-state index in [0.29, 0.717) is 0 Å². The average molecular weight is 244 g/mol. The first-order valence-electron chi connectivity index (χ1n) is 6.06. The summed E-state index contributed by atoms with van der Waals surface area (Å²) in [6.45, 7) is 4.36. The van der Waals surface area contributed by atoms with Gasteiger partial charge in [0, 0.05) is 0 Å². The van der Waals surface area contributed by atoms with Crippen LogP contribution in [0.2, 0.25) is 0 Å². The van der Waals surface area contributed by atoms with Crippen molar-refractivity contribution in [2.45, 2.75) is 52.4 Å². The van der Waals surface area contributed by atoms with Gasteiger partial charge in [-0.15, -0.1) is 5.75 Å². The van der Waals surface area contributed by atoms with Crippen LogP contribution in [0.4, 0.5) is 0 Å². The van der Waals surface area contributed by atoms with E-state index in [1.165, 1.54) is 36.8 Å². The number of hydrogen-bond donors (Lipinski definition) is 0. The molecule has 16 heavy (non-hydrogen) atoms. The number of aryl methyl sites for hydroxylation is 2. The summed E-state index contributed by atoms with van der Waals surface area (Å²) in [4.78, 5) is 0. The van der Waals surface area contributed by atoms with Crippen LogP contribution >= 0.6 is 0 Å². The summed E-state index contributed by atoms with van der Waals surface area (Å²) >= 11 is 0. The number of unbranched alkanes of at least 4 members (excludes halogenated alkanes) is 2. The zero-order valence-corrected chi connectivity index (χ0v) is 14.0. The Kier molecular flexibility index (Phi) is 10.1. The molecule has 84 valence electrons. The van der Waals surface area contributed by atoms with E-state index in [9.17, 15) is 5.11 Å². The van der Waals surface area contributed by atoms with Crippen LogP contribution in [0.3, 0.4) is 0 Å². The minimum absolute atomic E-state index is 0. The SMILES string of the molecule is CCCCc1cc([O-])cc(CCCC)c1.[K+]. The van der Waals surface area contributed by atoms with Crippen LogP contribution in [0.15, 0.2) is 18.2 Å². The maximum Gasteiger partial charge on any atom is 1.00 e. The molecule has 0 N–H and O–H groups in total. The molecule has 0 heterocycles. The molecule has 1 aromatic rings. The van der Waals surface area contributed by atoms with Gasteiger partial charge in [-0.3, -0.25) is 0 Å². The summed E-state index contributed by atoms with van der Waals surface area (Å²) in [6.07, 6.45) is 6.82. The summed E-state index contributed by atoms with van der Waals surface area (Å²) in [6, 6.07) is 5.77. The zero-order chi connectivity index (χ0) is 11.1. The van der Waals surface area contributed by atoms with Gasteiger partial charge in [0.25, 0.3) is 0 Å². The van der Waals surface area contributed by atoms with Crippen LogP contribution < -0.4 is 56.5 Å². The van der Waals surface area contributed by atoms with E-state index in [0.717, 1.165) is 12.8 Å². The van der Waals surface area contributed by atoms with Gasteiger partial charge in [0.05, 0.1) is 0 Å². The van der Waals surface area contributed by atoms with Gasteiger partial charge in [-0.25, -0.2) is 0 Å². The molecule has 1 nitrogen and oxygen atoms in total. The van der Waals surface area contributed by atoms with Crippen molar-refractivity contribution in [3.8, 4) is 5.75 Å². The molecule has 0 saturated carbocycles. The van der Waals surface area contributed by atoms with Crippen LogP contribution in [0, 0.1) is 0 Å². The van der Waals surface area contributed by atoms with Gasteiger partial charge in [0.1, 0.15) is 0 Å². The Bertz CT molecular complexity index is 271. The molecule has 1 aromatic carbocycles. The maximum absolute atomic E-state index is 11.4. The second-order valence-corrected chi connectivity index (χ2v) is 4.19. The minimum atomic E-state index is 0. The van der Waals surface area contributed by atoms with Crippen molar-refractivity contribution in [2.75, 3.05) is 0 Å². The molecule has 2 heteroatoms. The molecule has 0 bridgehead atoms. The Morgan fingerprint density at radius 3 is 1.69 bits per heavy atom. The minimum Gasteiger partial charge on any atom is -0.872 e. The van der Waals surface area contributed by atoms with E-state index in [4.69, 9.17) is 0 Å². The van der Waals surface area contributed by atoms with Gasteiger partial charge < -0.3 is 5.11 Å². The van der Waals surface area contributed by atoms with E-state index in [1.807, 2.05) is 0 Å². The first-order valence-corrected chi connectivity index (χ1v) is 6.06. The van der Waals surface area contributed by atoms with Gasteiger partial charge >= 0.3 is 51.4 Å². The Labute approximate surface area is 142 Å². The van der Waals surface area contributed by atoms with Gasteiger partial charge in [0.2, 0.25) is 0 Å². The van der Waals surface area contributed by atoms with Crippen LogP contribution in [-0.2, 0) is 12.8 Å². The van der Waals surface area contributed by atoms with Crippen molar-refractivity contribution in [1.29, 1.82) is 0 Å². The van der Waals surface area contributed by atoms with Gasteiger partial charge in [-0.05, 0) is 36.8 Å². The molecule has 0 aliphatic rings. The Morgan fingerprint density at radius 1 is 0.875 bits per heavy atom. The molecule has 0 spiro atoms. The van der Waals surface area contributed by atoms with Crippen molar-refractivity contribution >= 4 is 0 Å². The van der Waals surface area contributed by atoms with Crippen molar-refractivity contribution in [2.24, 2.45) is 0 Å². The molecule has 1 rings (SSSR count). The molecule has 0 aromatic heterocycles. The molecule has 0 saturated heterocycles. The van der Waals surface area contributed by atoms with Crippen LogP contribution in [0.1, 0.15) is 50.7 Å². The molecular formula is C14H21KO. The molecule has 0 amide bonds. The van der Waals surface area contributed by atoms with Crippen molar-refractivity contribution in [1.82, 2.24) is 0 Å². The van der Waals surface area contributed by atoms with E-state index < -0.39 is 0 Å². The normalized spacial score (nSPS) is 9.88. The van der Waals surface area contributed by atoms with E-state index >= 15 is 0 Å². The Hall–Kier alpha value is 0.656. The molecular weight excluding hydrogens is 223 g/mol. The zero-order valence-electron chi connectivity index (χ0n) is 10.9. The Balaban J connectivity index is 0.00000225. The second kappa shape index (κ2) is 9.66. The van der Waals surface area contributed by atoms with E-state index in [-0.39, 0.29) is 57.1 Å². The monoisotopic (exact) mass is 244 g/mol. The molecule has 0 aliphatic heterocycles. The summed E-state index contributed by atoms with van der Waals surface area (Å²) in [5, 5.41) is 11.4. The number of hydrogen-bond acceptors (Lipinski definition) is 1.